The fraction of sp³-hybridized carbons (Fsp3) is 0.318. The molecule has 1 aliphatic rings. The van der Waals surface area contributed by atoms with Gasteiger partial charge in [-0.15, -0.1) is 0 Å². The van der Waals surface area contributed by atoms with Gasteiger partial charge < -0.3 is 15.8 Å². The van der Waals surface area contributed by atoms with Crippen molar-refractivity contribution in [2.75, 3.05) is 5.32 Å². The van der Waals surface area contributed by atoms with Gasteiger partial charge in [-0.05, 0) is 62.2 Å². The summed E-state index contributed by atoms with van der Waals surface area (Å²) in [4.78, 5) is 32.7. The number of non-ortho nitro benzene ring substituents is 1. The summed E-state index contributed by atoms with van der Waals surface area (Å²) in [6.45, 7) is 0. The Morgan fingerprint density at radius 1 is 1.00 bits per heavy atom. The number of Topliss-reactive ketones (excluding diaryl/α,β-unsaturated/α-hetero) is 1. The van der Waals surface area contributed by atoms with Gasteiger partial charge in [0.2, 0.25) is 0 Å². The van der Waals surface area contributed by atoms with Gasteiger partial charge in [-0.25, -0.2) is 4.79 Å². The van der Waals surface area contributed by atoms with E-state index in [4.69, 9.17) is 10.5 Å². The number of nitrogens with one attached hydrogen (secondary N) is 1. The van der Waals surface area contributed by atoms with Crippen LogP contribution in [0.25, 0.3) is 0 Å². The molecule has 0 amide bonds. The average Bonchev–Trinajstić information content (AvgIpc) is 2.79. The van der Waals surface area contributed by atoms with E-state index in [9.17, 15) is 32.9 Å². The van der Waals surface area contributed by atoms with Crippen LogP contribution in [-0.4, -0.2) is 34.1 Å². The minimum atomic E-state index is -4.91. The van der Waals surface area contributed by atoms with Crippen molar-refractivity contribution in [2.45, 2.75) is 44.4 Å². The molecule has 1 fully saturated rings. The molecule has 3 rings (SSSR count). The Kier molecular flexibility index (Phi) is 9.48. The van der Waals surface area contributed by atoms with Gasteiger partial charge in [0.05, 0.1) is 10.5 Å². The first-order valence-corrected chi connectivity index (χ1v) is 10.6. The zero-order valence-corrected chi connectivity index (χ0v) is 18.7. The maximum absolute atomic E-state index is 12.3. The Balaban J connectivity index is 0.000000270. The number of hydrogen-bond acceptors (Lipinski definition) is 6. The van der Waals surface area contributed by atoms with E-state index in [0.717, 1.165) is 44.2 Å². The Bertz CT molecular complexity index is 1020. The van der Waals surface area contributed by atoms with E-state index in [-0.39, 0.29) is 22.5 Å². The molecule has 0 spiro atoms. The van der Waals surface area contributed by atoms with Crippen molar-refractivity contribution >= 4 is 40.5 Å². The predicted octanol–water partition coefficient (Wildman–Crippen LogP) is 5.17. The predicted molar refractivity (Wildman–Crippen MR) is 123 cm³/mol. The smallest absolute Gasteiger partial charge is 0.454 e. The third-order valence-electron chi connectivity index (χ3n) is 4.81. The van der Waals surface area contributed by atoms with Crippen molar-refractivity contribution in [3.63, 3.8) is 0 Å². The molecular weight excluding hydrogens is 475 g/mol. The number of nitro benzene ring substituents is 1. The zero-order valence-electron chi connectivity index (χ0n) is 17.8. The van der Waals surface area contributed by atoms with E-state index in [0.29, 0.717) is 5.69 Å². The van der Waals surface area contributed by atoms with Gasteiger partial charge in [0, 0.05) is 23.4 Å². The summed E-state index contributed by atoms with van der Waals surface area (Å²) >= 11 is 4.59. The maximum atomic E-state index is 12.3. The highest BCUT2D eigenvalue weighted by atomic mass is 32.1. The lowest BCUT2D eigenvalue weighted by Gasteiger charge is -2.21. The summed E-state index contributed by atoms with van der Waals surface area (Å²) < 4.78 is 42.1. The first kappa shape index (κ1) is 26.7. The number of thiocarbonyl (C=S) groups is 1. The number of alkyl halides is 3. The molecule has 0 saturated heterocycles. The summed E-state index contributed by atoms with van der Waals surface area (Å²) in [5.41, 5.74) is 5.54. The molecule has 0 aromatic heterocycles. The molecular formula is C22H22F3N3O5S. The molecule has 12 heteroatoms. The van der Waals surface area contributed by atoms with Gasteiger partial charge in [0.1, 0.15) is 6.10 Å². The topological polar surface area (TPSA) is 125 Å². The number of rotatable bonds is 5. The SMILES string of the molecule is NC(=S)Nc1ccc([N+](=O)[O-])cc1.O=C(OC1CCCCC1)c1ccc(C(=O)C(F)(F)F)cc1. The molecule has 0 bridgehead atoms. The van der Waals surface area contributed by atoms with Gasteiger partial charge >= 0.3 is 12.1 Å². The fourth-order valence-electron chi connectivity index (χ4n) is 3.13. The minimum absolute atomic E-state index is 0.0356. The largest absolute Gasteiger partial charge is 0.459 e. The molecule has 0 aliphatic heterocycles. The van der Waals surface area contributed by atoms with E-state index >= 15 is 0 Å². The summed E-state index contributed by atoms with van der Waals surface area (Å²) in [7, 11) is 0. The van der Waals surface area contributed by atoms with E-state index in [2.05, 4.69) is 17.5 Å². The fourth-order valence-corrected chi connectivity index (χ4v) is 3.25. The number of halogens is 3. The molecule has 8 nitrogen and oxygen atoms in total. The van der Waals surface area contributed by atoms with Crippen LogP contribution >= 0.6 is 12.2 Å². The number of benzene rings is 2. The molecule has 182 valence electrons. The highest BCUT2D eigenvalue weighted by Crippen LogP contribution is 2.23. The van der Waals surface area contributed by atoms with Crippen LogP contribution in [0.2, 0.25) is 0 Å². The van der Waals surface area contributed by atoms with Gasteiger partial charge in [-0.1, -0.05) is 18.6 Å². The quantitative estimate of drug-likeness (QED) is 0.191. The van der Waals surface area contributed by atoms with Gasteiger partial charge in [0.25, 0.3) is 11.5 Å². The van der Waals surface area contributed by atoms with Gasteiger partial charge in [0.15, 0.2) is 5.11 Å². The minimum Gasteiger partial charge on any atom is -0.459 e. The number of nitrogens with two attached hydrogens (primary N) is 1. The number of nitro groups is 1. The number of ketones is 1. The Hall–Kier alpha value is -3.54. The molecule has 0 unspecified atom stereocenters. The second-order valence-corrected chi connectivity index (χ2v) is 7.80. The van der Waals surface area contributed by atoms with Crippen LogP contribution in [0.15, 0.2) is 48.5 Å². The Morgan fingerprint density at radius 2 is 1.53 bits per heavy atom. The van der Waals surface area contributed by atoms with Crippen LogP contribution in [0, 0.1) is 10.1 Å². The maximum Gasteiger partial charge on any atom is 0.454 e. The first-order chi connectivity index (χ1) is 16.0. The zero-order chi connectivity index (χ0) is 25.3. The number of ether oxygens (including phenoxy) is 1. The molecule has 2 aromatic rings. The highest BCUT2D eigenvalue weighted by molar-refractivity contribution is 7.80. The molecule has 1 aliphatic carbocycles. The lowest BCUT2D eigenvalue weighted by molar-refractivity contribution is -0.384. The van der Waals surface area contributed by atoms with Crippen molar-refractivity contribution in [2.24, 2.45) is 5.73 Å². The summed E-state index contributed by atoms with van der Waals surface area (Å²) in [6, 6.07) is 10.2. The van der Waals surface area contributed by atoms with Crippen molar-refractivity contribution in [1.29, 1.82) is 0 Å². The molecule has 2 aromatic carbocycles. The van der Waals surface area contributed by atoms with Crippen LogP contribution in [0.5, 0.6) is 0 Å². The van der Waals surface area contributed by atoms with Gasteiger partial charge in [-0.3, -0.25) is 14.9 Å². The molecule has 1 saturated carbocycles. The lowest BCUT2D eigenvalue weighted by atomic mass is 9.98. The monoisotopic (exact) mass is 497 g/mol. The van der Waals surface area contributed by atoms with Gasteiger partial charge in [-0.2, -0.15) is 13.2 Å². The number of carbonyl (C=O) groups is 2. The van der Waals surface area contributed by atoms with Crippen molar-refractivity contribution in [3.8, 4) is 0 Å². The highest BCUT2D eigenvalue weighted by Gasteiger charge is 2.39. The number of esters is 1. The molecule has 0 radical (unpaired) electrons. The molecule has 3 N–H and O–H groups in total. The van der Waals surface area contributed by atoms with Crippen LogP contribution in [-0.2, 0) is 4.74 Å². The second-order valence-electron chi connectivity index (χ2n) is 7.36. The number of carbonyl (C=O) groups excluding carboxylic acids is 2. The summed E-state index contributed by atoms with van der Waals surface area (Å²) in [5.74, 6) is -2.48. The third-order valence-corrected chi connectivity index (χ3v) is 4.91. The number of hydrogen-bond donors (Lipinski definition) is 2. The van der Waals surface area contributed by atoms with Crippen LogP contribution in [0.1, 0.15) is 52.8 Å². The standard InChI is InChI=1S/C15H15F3O3.C7H7N3O2S/c16-15(17,18)13(19)10-6-8-11(9-7-10)14(20)21-12-4-2-1-3-5-12;8-7(13)9-5-1-3-6(4-2-5)10(11)12/h6-9,12H,1-5H2;1-4H,(H3,8,9,13). The first-order valence-electron chi connectivity index (χ1n) is 10.2. The van der Waals surface area contributed by atoms with Crippen molar-refractivity contribution in [1.82, 2.24) is 0 Å². The van der Waals surface area contributed by atoms with Crippen molar-refractivity contribution in [3.05, 3.63) is 69.8 Å². The lowest BCUT2D eigenvalue weighted by Crippen LogP contribution is -2.23. The molecule has 0 heterocycles. The number of nitrogens with zero attached hydrogens (tertiary/aromatic N) is 1. The normalized spacial score (nSPS) is 13.7. The third kappa shape index (κ3) is 8.43. The van der Waals surface area contributed by atoms with Crippen LogP contribution in [0.4, 0.5) is 24.5 Å². The summed E-state index contributed by atoms with van der Waals surface area (Å²) in [6.07, 6.45) is -0.254. The van der Waals surface area contributed by atoms with Crippen molar-refractivity contribution < 1.29 is 32.4 Å². The van der Waals surface area contributed by atoms with E-state index < -0.39 is 28.4 Å². The average molecular weight is 497 g/mol. The molecule has 34 heavy (non-hydrogen) atoms. The van der Waals surface area contributed by atoms with Crippen LogP contribution < -0.4 is 11.1 Å². The second kappa shape index (κ2) is 12.1. The number of anilines is 1. The van der Waals surface area contributed by atoms with E-state index in [1.165, 1.54) is 36.4 Å². The summed E-state index contributed by atoms with van der Waals surface area (Å²) in [5, 5.41) is 13.1. The van der Waals surface area contributed by atoms with E-state index in [1.807, 2.05) is 0 Å². The van der Waals surface area contributed by atoms with E-state index in [1.54, 1.807) is 0 Å². The Morgan fingerprint density at radius 3 is 2.00 bits per heavy atom. The van der Waals surface area contributed by atoms with Crippen LogP contribution in [0.3, 0.4) is 0 Å². The molecule has 0 atom stereocenters. The Labute approximate surface area is 198 Å².